The van der Waals surface area contributed by atoms with Crippen LogP contribution in [0.25, 0.3) is 0 Å². The van der Waals surface area contributed by atoms with Crippen molar-refractivity contribution in [2.24, 2.45) is 5.41 Å². The highest BCUT2D eigenvalue weighted by molar-refractivity contribution is 5.69. The van der Waals surface area contributed by atoms with E-state index in [1.807, 2.05) is 26.8 Å². The zero-order chi connectivity index (χ0) is 20.8. The van der Waals surface area contributed by atoms with Gasteiger partial charge in [-0.15, -0.1) is 0 Å². The molecule has 0 aromatic heterocycles. The minimum atomic E-state index is -1.76. The minimum absolute atomic E-state index is 0.0780. The molecule has 0 amide bonds. The average molecular weight is 388 g/mol. The van der Waals surface area contributed by atoms with Gasteiger partial charge in [-0.3, -0.25) is 4.79 Å². The second kappa shape index (κ2) is 10.2. The average Bonchev–Trinajstić information content (AvgIpc) is 2.62. The Hall–Kier alpha value is -1.45. The number of aliphatic hydroxyl groups excluding tert-OH is 6. The van der Waals surface area contributed by atoms with Gasteiger partial charge in [0.05, 0.1) is 12.4 Å². The molecule has 0 spiro atoms. The molecule has 0 radical (unpaired) electrons. The molecule has 27 heavy (non-hydrogen) atoms. The summed E-state index contributed by atoms with van der Waals surface area (Å²) in [6.07, 6.45) is -3.08. The van der Waals surface area contributed by atoms with Gasteiger partial charge in [0, 0.05) is 12.8 Å². The first kappa shape index (κ1) is 23.6. The smallest absolute Gasteiger partial charge is 0.306 e. The molecule has 4 atom stereocenters. The molecule has 8 nitrogen and oxygen atoms in total. The molecule has 4 unspecified atom stereocenters. The van der Waals surface area contributed by atoms with Crippen LogP contribution >= 0.6 is 0 Å². The van der Waals surface area contributed by atoms with E-state index in [4.69, 9.17) is 9.84 Å². The van der Waals surface area contributed by atoms with E-state index in [0.29, 0.717) is 25.0 Å². The van der Waals surface area contributed by atoms with Gasteiger partial charge in [-0.2, -0.15) is 0 Å². The third-order valence-electron chi connectivity index (χ3n) is 4.54. The van der Waals surface area contributed by atoms with Gasteiger partial charge in [-0.1, -0.05) is 32.4 Å². The van der Waals surface area contributed by atoms with E-state index < -0.39 is 43.6 Å². The van der Waals surface area contributed by atoms with Crippen molar-refractivity contribution in [3.8, 4) is 0 Å². The first-order valence-corrected chi connectivity index (χ1v) is 9.08. The van der Waals surface area contributed by atoms with E-state index in [0.717, 1.165) is 11.1 Å². The van der Waals surface area contributed by atoms with E-state index in [1.54, 1.807) is 0 Å². The summed E-state index contributed by atoms with van der Waals surface area (Å²) >= 11 is 0. The number of allylic oxidation sites excluding steroid dienone is 4. The van der Waals surface area contributed by atoms with Gasteiger partial charge >= 0.3 is 5.97 Å². The summed E-state index contributed by atoms with van der Waals surface area (Å²) in [4.78, 5) is 11.9. The fourth-order valence-electron chi connectivity index (χ4n) is 2.79. The fourth-order valence-corrected chi connectivity index (χ4v) is 2.79. The third-order valence-corrected chi connectivity index (χ3v) is 4.54. The Morgan fingerprint density at radius 1 is 1.11 bits per heavy atom. The van der Waals surface area contributed by atoms with Crippen LogP contribution in [-0.4, -0.2) is 74.2 Å². The van der Waals surface area contributed by atoms with Crippen LogP contribution < -0.4 is 0 Å². The van der Waals surface area contributed by atoms with E-state index in [1.165, 1.54) is 0 Å². The van der Waals surface area contributed by atoms with Gasteiger partial charge in [0.25, 0.3) is 0 Å². The molecule has 0 aliphatic heterocycles. The number of carbonyl (C=O) groups is 1. The maximum Gasteiger partial charge on any atom is 0.306 e. The number of esters is 1. The number of rotatable bonds is 9. The van der Waals surface area contributed by atoms with Crippen molar-refractivity contribution >= 4 is 5.97 Å². The van der Waals surface area contributed by atoms with Crippen LogP contribution in [0.15, 0.2) is 23.0 Å². The fraction of sp³-hybridized carbons (Fsp3) is 0.737. The van der Waals surface area contributed by atoms with Crippen molar-refractivity contribution in [2.75, 3.05) is 13.2 Å². The zero-order valence-electron chi connectivity index (χ0n) is 16.1. The summed E-state index contributed by atoms with van der Waals surface area (Å²) in [6.45, 7) is 4.69. The molecule has 0 aromatic carbocycles. The van der Waals surface area contributed by atoms with Crippen LogP contribution in [-0.2, 0) is 9.53 Å². The standard InChI is InChI=1S/C19H32O8/c1-19(2,3)12-8-11(4-6-13(12)21)5-7-16(24)27-10-15(23)18(26)17(25)14(22)9-20/h8,14-15,17-18,20-23,25-26H,4-7,9-10H2,1-3H3. The molecule has 0 bridgehead atoms. The molecule has 0 aromatic rings. The lowest BCUT2D eigenvalue weighted by Gasteiger charge is -2.26. The first-order valence-electron chi connectivity index (χ1n) is 9.08. The van der Waals surface area contributed by atoms with Gasteiger partial charge in [0.2, 0.25) is 0 Å². The third kappa shape index (κ3) is 7.23. The summed E-state index contributed by atoms with van der Waals surface area (Å²) in [7, 11) is 0. The largest absolute Gasteiger partial charge is 0.512 e. The SMILES string of the molecule is CC(C)(C)C1=C(O)CCC(CCC(=O)OCC(O)C(O)C(O)C(O)CO)=C1. The van der Waals surface area contributed by atoms with E-state index in [-0.39, 0.29) is 11.8 Å². The van der Waals surface area contributed by atoms with E-state index in [2.05, 4.69) is 0 Å². The Morgan fingerprint density at radius 3 is 2.26 bits per heavy atom. The highest BCUT2D eigenvalue weighted by atomic mass is 16.5. The Labute approximate surface area is 159 Å². The number of ether oxygens (including phenoxy) is 1. The van der Waals surface area contributed by atoms with Gasteiger partial charge in [-0.05, 0) is 23.8 Å². The van der Waals surface area contributed by atoms with Crippen molar-refractivity contribution in [1.82, 2.24) is 0 Å². The van der Waals surface area contributed by atoms with Crippen molar-refractivity contribution in [3.05, 3.63) is 23.0 Å². The number of aliphatic hydroxyl groups is 6. The molecule has 8 heteroatoms. The molecule has 0 heterocycles. The minimum Gasteiger partial charge on any atom is -0.512 e. The van der Waals surface area contributed by atoms with Crippen LogP contribution in [0.3, 0.4) is 0 Å². The lowest BCUT2D eigenvalue weighted by atomic mass is 9.80. The monoisotopic (exact) mass is 388 g/mol. The predicted molar refractivity (Wildman–Crippen MR) is 97.7 cm³/mol. The molecular formula is C19H32O8. The first-order chi connectivity index (χ1) is 12.5. The molecule has 0 saturated heterocycles. The Balaban J connectivity index is 2.48. The number of hydrogen-bond donors (Lipinski definition) is 6. The van der Waals surface area contributed by atoms with Crippen molar-refractivity contribution in [3.63, 3.8) is 0 Å². The van der Waals surface area contributed by atoms with Gasteiger partial charge in [0.15, 0.2) is 0 Å². The topological polar surface area (TPSA) is 148 Å². The number of carbonyl (C=O) groups excluding carboxylic acids is 1. The van der Waals surface area contributed by atoms with E-state index in [9.17, 15) is 30.3 Å². The normalized spacial score (nSPS) is 19.9. The summed E-state index contributed by atoms with van der Waals surface area (Å²) in [5, 5.41) is 56.9. The van der Waals surface area contributed by atoms with Crippen molar-refractivity contribution in [2.45, 2.75) is 70.9 Å². The van der Waals surface area contributed by atoms with Crippen LogP contribution in [0.2, 0.25) is 0 Å². The Kier molecular flexibility index (Phi) is 8.90. The van der Waals surface area contributed by atoms with Crippen LogP contribution in [0, 0.1) is 5.41 Å². The van der Waals surface area contributed by atoms with Crippen LogP contribution in [0.5, 0.6) is 0 Å². The van der Waals surface area contributed by atoms with E-state index >= 15 is 0 Å². The lowest BCUT2D eigenvalue weighted by molar-refractivity contribution is -0.156. The van der Waals surface area contributed by atoms with Crippen LogP contribution in [0.4, 0.5) is 0 Å². The second-order valence-corrected chi connectivity index (χ2v) is 7.89. The van der Waals surface area contributed by atoms with Gasteiger partial charge in [0.1, 0.15) is 31.0 Å². The molecule has 0 saturated carbocycles. The summed E-state index contributed by atoms with van der Waals surface area (Å²) in [6, 6.07) is 0. The summed E-state index contributed by atoms with van der Waals surface area (Å²) in [5.74, 6) is -0.204. The van der Waals surface area contributed by atoms with Gasteiger partial charge in [-0.25, -0.2) is 0 Å². The van der Waals surface area contributed by atoms with Crippen molar-refractivity contribution < 1.29 is 40.2 Å². The predicted octanol–water partition coefficient (Wildman–Crippen LogP) is 0.324. The zero-order valence-corrected chi connectivity index (χ0v) is 16.1. The molecule has 1 aliphatic rings. The highest BCUT2D eigenvalue weighted by Crippen LogP contribution is 2.35. The molecular weight excluding hydrogens is 356 g/mol. The van der Waals surface area contributed by atoms with Gasteiger partial charge < -0.3 is 35.4 Å². The second-order valence-electron chi connectivity index (χ2n) is 7.89. The summed E-state index contributed by atoms with van der Waals surface area (Å²) < 4.78 is 4.90. The Bertz CT molecular complexity index is 561. The highest BCUT2D eigenvalue weighted by Gasteiger charge is 2.30. The number of hydrogen-bond acceptors (Lipinski definition) is 8. The lowest BCUT2D eigenvalue weighted by Crippen LogP contribution is -2.47. The van der Waals surface area contributed by atoms with Crippen LogP contribution in [0.1, 0.15) is 46.5 Å². The molecule has 1 aliphatic carbocycles. The molecule has 0 fully saturated rings. The molecule has 1 rings (SSSR count). The maximum absolute atomic E-state index is 11.9. The van der Waals surface area contributed by atoms with Crippen molar-refractivity contribution in [1.29, 1.82) is 0 Å². The quantitative estimate of drug-likeness (QED) is 0.310. The Morgan fingerprint density at radius 2 is 1.70 bits per heavy atom. The molecule has 6 N–H and O–H groups in total. The maximum atomic E-state index is 11.9. The summed E-state index contributed by atoms with van der Waals surface area (Å²) in [5.41, 5.74) is 1.68. The molecule has 156 valence electrons.